The highest BCUT2D eigenvalue weighted by Crippen LogP contribution is 2.27. The molecule has 0 heterocycles. The first kappa shape index (κ1) is 24.7. The van der Waals surface area contributed by atoms with E-state index < -0.39 is 11.7 Å². The first-order valence-electron chi connectivity index (χ1n) is 10.5. The lowest BCUT2D eigenvalue weighted by Gasteiger charge is -2.27. The number of thiol groups is 1. The predicted molar refractivity (Wildman–Crippen MR) is 137 cm³/mol. The highest BCUT2D eigenvalue weighted by Gasteiger charge is 2.26. The second-order valence-corrected chi connectivity index (χ2v) is 9.45. The third-order valence-corrected chi connectivity index (χ3v) is 6.43. The molecule has 0 aliphatic rings. The summed E-state index contributed by atoms with van der Waals surface area (Å²) in [5.41, 5.74) is 2.17. The lowest BCUT2D eigenvalue weighted by Crippen LogP contribution is -2.34. The molecule has 1 atom stereocenters. The van der Waals surface area contributed by atoms with Crippen LogP contribution in [0.25, 0.3) is 0 Å². The highest BCUT2D eigenvalue weighted by molar-refractivity contribution is 7.98. The van der Waals surface area contributed by atoms with Crippen molar-refractivity contribution < 1.29 is 14.3 Å². The van der Waals surface area contributed by atoms with Crippen molar-refractivity contribution in [1.29, 1.82) is 0 Å². The van der Waals surface area contributed by atoms with Gasteiger partial charge in [0.2, 0.25) is 0 Å². The van der Waals surface area contributed by atoms with Crippen LogP contribution in [0, 0.1) is 0 Å². The molecule has 0 spiro atoms. The molecule has 0 aliphatic carbocycles. The van der Waals surface area contributed by atoms with Crippen LogP contribution in [-0.2, 0) is 10.3 Å². The Kier molecular flexibility index (Phi) is 8.10. The number of thioether (sulfide) groups is 1. The van der Waals surface area contributed by atoms with Crippen molar-refractivity contribution in [2.24, 2.45) is 0 Å². The van der Waals surface area contributed by atoms with Crippen molar-refractivity contribution in [1.82, 2.24) is 5.32 Å². The van der Waals surface area contributed by atoms with Gasteiger partial charge in [0.25, 0.3) is 5.91 Å². The van der Waals surface area contributed by atoms with Gasteiger partial charge in [0.05, 0.1) is 11.7 Å². The molecule has 0 saturated heterocycles. The molecule has 5 nitrogen and oxygen atoms in total. The van der Waals surface area contributed by atoms with Crippen LogP contribution in [0.15, 0.2) is 82.6 Å². The van der Waals surface area contributed by atoms with Gasteiger partial charge in [0.15, 0.2) is 0 Å². The maximum absolute atomic E-state index is 12.5. The summed E-state index contributed by atoms with van der Waals surface area (Å²) in [7, 11) is 0. The second kappa shape index (κ2) is 10.8. The van der Waals surface area contributed by atoms with Gasteiger partial charge >= 0.3 is 6.09 Å². The Morgan fingerprint density at radius 3 is 2.21 bits per heavy atom. The summed E-state index contributed by atoms with van der Waals surface area (Å²) in [6.07, 6.45) is 1.51. The second-order valence-electron chi connectivity index (χ2n) is 8.09. The molecule has 0 aromatic heterocycles. The standard InChI is InChI=1S/C26H28N2O3S2/c1-17(27-25(30)31-26(2,3)20-13-15-21(33-4)16-14-20)18-9-11-19(12-10-18)24(29)28-22-7-5-6-8-23(22)32/h5-17,32H,1-4H3,(H,27,30)(H,28,29)/t17-/m1/s1. The van der Waals surface area contributed by atoms with Gasteiger partial charge in [0, 0.05) is 15.4 Å². The van der Waals surface area contributed by atoms with Gasteiger partial charge in [-0.3, -0.25) is 4.79 Å². The van der Waals surface area contributed by atoms with E-state index in [2.05, 4.69) is 23.3 Å². The van der Waals surface area contributed by atoms with E-state index in [4.69, 9.17) is 4.74 Å². The number of para-hydroxylation sites is 1. The average Bonchev–Trinajstić information content (AvgIpc) is 2.80. The number of carbonyl (C=O) groups is 2. The highest BCUT2D eigenvalue weighted by atomic mass is 32.2. The Bertz CT molecular complexity index is 1110. The average molecular weight is 481 g/mol. The summed E-state index contributed by atoms with van der Waals surface area (Å²) in [5.74, 6) is -0.225. The molecular formula is C26H28N2O3S2. The predicted octanol–water partition coefficient (Wildman–Crippen LogP) is 6.67. The first-order valence-corrected chi connectivity index (χ1v) is 12.2. The zero-order chi connectivity index (χ0) is 24.0. The summed E-state index contributed by atoms with van der Waals surface area (Å²) in [6, 6.07) is 22.1. The van der Waals surface area contributed by atoms with Gasteiger partial charge < -0.3 is 15.4 Å². The number of amides is 2. The molecule has 3 aromatic carbocycles. The molecule has 2 N–H and O–H groups in total. The monoisotopic (exact) mass is 480 g/mol. The third kappa shape index (κ3) is 6.55. The summed E-state index contributed by atoms with van der Waals surface area (Å²) in [6.45, 7) is 5.59. The first-order chi connectivity index (χ1) is 15.7. The van der Waals surface area contributed by atoms with Crippen molar-refractivity contribution in [3.8, 4) is 0 Å². The van der Waals surface area contributed by atoms with Crippen LogP contribution in [0.2, 0.25) is 0 Å². The smallest absolute Gasteiger partial charge is 0.408 e. The molecule has 0 unspecified atom stereocenters. The van der Waals surface area contributed by atoms with Crippen LogP contribution in [0.4, 0.5) is 10.5 Å². The van der Waals surface area contributed by atoms with Crippen molar-refractivity contribution in [3.63, 3.8) is 0 Å². The third-order valence-electron chi connectivity index (χ3n) is 5.29. The van der Waals surface area contributed by atoms with Crippen molar-refractivity contribution in [3.05, 3.63) is 89.5 Å². The van der Waals surface area contributed by atoms with E-state index in [1.807, 2.05) is 81.6 Å². The van der Waals surface area contributed by atoms with E-state index in [9.17, 15) is 9.59 Å². The summed E-state index contributed by atoms with van der Waals surface area (Å²) >= 11 is 6.02. The van der Waals surface area contributed by atoms with Gasteiger partial charge in [-0.05, 0) is 74.6 Å². The number of nitrogens with one attached hydrogen (secondary N) is 2. The molecule has 0 saturated carbocycles. The molecule has 2 amide bonds. The Hall–Kier alpha value is -2.90. The molecule has 0 fully saturated rings. The van der Waals surface area contributed by atoms with Crippen molar-refractivity contribution in [2.45, 2.75) is 42.2 Å². The normalized spacial score (nSPS) is 12.0. The molecule has 33 heavy (non-hydrogen) atoms. The zero-order valence-electron chi connectivity index (χ0n) is 19.1. The number of hydrogen-bond acceptors (Lipinski definition) is 5. The van der Waals surface area contributed by atoms with Gasteiger partial charge in [-0.15, -0.1) is 24.4 Å². The van der Waals surface area contributed by atoms with E-state index in [1.54, 1.807) is 30.0 Å². The quantitative estimate of drug-likeness (QED) is 0.261. The Morgan fingerprint density at radius 2 is 1.61 bits per heavy atom. The fourth-order valence-electron chi connectivity index (χ4n) is 3.27. The van der Waals surface area contributed by atoms with Gasteiger partial charge in [0.1, 0.15) is 5.60 Å². The fraction of sp³-hybridized carbons (Fsp3) is 0.231. The van der Waals surface area contributed by atoms with Gasteiger partial charge in [-0.25, -0.2) is 4.79 Å². The van der Waals surface area contributed by atoms with Crippen LogP contribution in [-0.4, -0.2) is 18.3 Å². The number of alkyl carbamates (subject to hydrolysis) is 1. The Balaban J connectivity index is 1.59. The molecular weight excluding hydrogens is 452 g/mol. The van der Waals surface area contributed by atoms with E-state index in [0.717, 1.165) is 16.0 Å². The largest absolute Gasteiger partial charge is 0.439 e. The molecule has 0 aliphatic heterocycles. The van der Waals surface area contributed by atoms with E-state index in [0.29, 0.717) is 16.1 Å². The maximum atomic E-state index is 12.5. The fourth-order valence-corrected chi connectivity index (χ4v) is 3.89. The number of ether oxygens (including phenoxy) is 1. The number of benzene rings is 3. The minimum atomic E-state index is -0.772. The number of anilines is 1. The Labute approximate surface area is 204 Å². The Morgan fingerprint density at radius 1 is 0.970 bits per heavy atom. The van der Waals surface area contributed by atoms with Gasteiger partial charge in [-0.2, -0.15) is 0 Å². The molecule has 3 rings (SSSR count). The topological polar surface area (TPSA) is 67.4 Å². The molecule has 0 bridgehead atoms. The van der Waals surface area contributed by atoms with E-state index in [1.165, 1.54) is 0 Å². The minimum Gasteiger partial charge on any atom is -0.439 e. The van der Waals surface area contributed by atoms with Crippen LogP contribution in [0.1, 0.15) is 48.3 Å². The molecule has 3 aromatic rings. The lowest BCUT2D eigenvalue weighted by atomic mass is 9.98. The lowest BCUT2D eigenvalue weighted by molar-refractivity contribution is 0.0346. The van der Waals surface area contributed by atoms with Crippen LogP contribution in [0.5, 0.6) is 0 Å². The van der Waals surface area contributed by atoms with Crippen LogP contribution >= 0.6 is 24.4 Å². The van der Waals surface area contributed by atoms with Crippen molar-refractivity contribution >= 4 is 42.1 Å². The van der Waals surface area contributed by atoms with Gasteiger partial charge in [-0.1, -0.05) is 36.4 Å². The van der Waals surface area contributed by atoms with E-state index >= 15 is 0 Å². The molecule has 7 heteroatoms. The minimum absolute atomic E-state index is 0.225. The molecule has 0 radical (unpaired) electrons. The van der Waals surface area contributed by atoms with E-state index in [-0.39, 0.29) is 11.9 Å². The SMILES string of the molecule is CSc1ccc(C(C)(C)OC(=O)N[C@H](C)c2ccc(C(=O)Nc3ccccc3S)cc2)cc1. The van der Waals surface area contributed by atoms with Crippen LogP contribution < -0.4 is 10.6 Å². The number of hydrogen-bond donors (Lipinski definition) is 3. The summed E-state index contributed by atoms with van der Waals surface area (Å²) < 4.78 is 5.70. The van der Waals surface area contributed by atoms with Crippen molar-refractivity contribution in [2.75, 3.05) is 11.6 Å². The summed E-state index contributed by atoms with van der Waals surface area (Å²) in [4.78, 5) is 26.9. The number of rotatable bonds is 7. The zero-order valence-corrected chi connectivity index (χ0v) is 20.8. The summed E-state index contributed by atoms with van der Waals surface area (Å²) in [5, 5.41) is 5.71. The number of carbonyl (C=O) groups excluding carboxylic acids is 2. The maximum Gasteiger partial charge on any atom is 0.408 e. The van der Waals surface area contributed by atoms with Crippen LogP contribution in [0.3, 0.4) is 0 Å². The molecule has 172 valence electrons.